The molecular weight excluding hydrogens is 244 g/mol. The molecule has 1 aliphatic rings. The van der Waals surface area contributed by atoms with Gasteiger partial charge in [-0.25, -0.2) is 0 Å². The van der Waals surface area contributed by atoms with Crippen molar-refractivity contribution >= 4 is 5.91 Å². The fourth-order valence-corrected chi connectivity index (χ4v) is 2.06. The Morgan fingerprint density at radius 3 is 2.63 bits per heavy atom. The summed E-state index contributed by atoms with van der Waals surface area (Å²) in [6, 6.07) is 5.52. The highest BCUT2D eigenvalue weighted by molar-refractivity contribution is 5.80. The molecule has 0 bridgehead atoms. The number of carbonyl (C=O) groups excluding carboxylic acids is 1. The molecule has 1 amide bonds. The third-order valence-corrected chi connectivity index (χ3v) is 3.42. The number of rotatable bonds is 5. The molecule has 5 nitrogen and oxygen atoms in total. The van der Waals surface area contributed by atoms with Crippen molar-refractivity contribution in [3.05, 3.63) is 23.8 Å². The van der Waals surface area contributed by atoms with Gasteiger partial charge in [-0.05, 0) is 19.1 Å². The summed E-state index contributed by atoms with van der Waals surface area (Å²) in [7, 11) is 3.23. The second-order valence-electron chi connectivity index (χ2n) is 4.69. The van der Waals surface area contributed by atoms with Gasteiger partial charge < -0.3 is 20.1 Å². The highest BCUT2D eigenvalue weighted by Crippen LogP contribution is 2.29. The first-order valence-electron chi connectivity index (χ1n) is 6.38. The van der Waals surface area contributed by atoms with Gasteiger partial charge in [0, 0.05) is 24.7 Å². The van der Waals surface area contributed by atoms with Gasteiger partial charge in [-0.3, -0.25) is 4.79 Å². The number of carbonyl (C=O) groups is 1. The third-order valence-electron chi connectivity index (χ3n) is 3.42. The number of amides is 1. The first-order valence-corrected chi connectivity index (χ1v) is 6.38. The van der Waals surface area contributed by atoms with Crippen LogP contribution >= 0.6 is 0 Å². The molecule has 2 N–H and O–H groups in total. The third kappa shape index (κ3) is 2.98. The Bertz CT molecular complexity index is 458. The lowest BCUT2D eigenvalue weighted by Crippen LogP contribution is -2.51. The Hall–Kier alpha value is -1.75. The maximum atomic E-state index is 11.9. The lowest BCUT2D eigenvalue weighted by molar-refractivity contribution is -0.127. The van der Waals surface area contributed by atoms with Crippen molar-refractivity contribution < 1.29 is 14.3 Å². The molecule has 0 radical (unpaired) electrons. The minimum Gasteiger partial charge on any atom is -0.497 e. The van der Waals surface area contributed by atoms with E-state index in [1.807, 2.05) is 25.1 Å². The zero-order valence-electron chi connectivity index (χ0n) is 11.5. The van der Waals surface area contributed by atoms with Crippen LogP contribution in [0, 0.1) is 5.92 Å². The van der Waals surface area contributed by atoms with Crippen LogP contribution in [0.3, 0.4) is 0 Å². The van der Waals surface area contributed by atoms with Gasteiger partial charge in [0.2, 0.25) is 5.91 Å². The molecule has 1 fully saturated rings. The second kappa shape index (κ2) is 5.93. The van der Waals surface area contributed by atoms with E-state index in [9.17, 15) is 4.79 Å². The minimum absolute atomic E-state index is 0.0871. The minimum atomic E-state index is -0.0889. The average Bonchev–Trinajstić information content (AvgIpc) is 2.35. The fraction of sp³-hybridized carbons (Fsp3) is 0.500. The van der Waals surface area contributed by atoms with Crippen molar-refractivity contribution in [2.24, 2.45) is 5.92 Å². The van der Waals surface area contributed by atoms with E-state index in [1.54, 1.807) is 14.2 Å². The second-order valence-corrected chi connectivity index (χ2v) is 4.69. The van der Waals surface area contributed by atoms with Crippen LogP contribution in [0.5, 0.6) is 11.5 Å². The number of nitrogens with one attached hydrogen (secondary N) is 2. The van der Waals surface area contributed by atoms with Gasteiger partial charge in [-0.2, -0.15) is 0 Å². The van der Waals surface area contributed by atoms with E-state index < -0.39 is 0 Å². The summed E-state index contributed by atoms with van der Waals surface area (Å²) in [5.41, 5.74) is 0.948. The summed E-state index contributed by atoms with van der Waals surface area (Å²) < 4.78 is 10.5. The summed E-state index contributed by atoms with van der Waals surface area (Å²) >= 11 is 0. The van der Waals surface area contributed by atoms with E-state index in [4.69, 9.17) is 9.47 Å². The molecule has 0 spiro atoms. The first kappa shape index (κ1) is 13.7. The molecule has 1 heterocycles. The van der Waals surface area contributed by atoms with Gasteiger partial charge in [0.15, 0.2) is 0 Å². The Labute approximate surface area is 113 Å². The number of ether oxygens (including phenoxy) is 2. The molecule has 1 atom stereocenters. The largest absolute Gasteiger partial charge is 0.497 e. The van der Waals surface area contributed by atoms with E-state index in [1.165, 1.54) is 0 Å². The van der Waals surface area contributed by atoms with E-state index in [2.05, 4.69) is 10.6 Å². The number of benzene rings is 1. The lowest BCUT2D eigenvalue weighted by atomic mass is 10.0. The number of hydrogen-bond donors (Lipinski definition) is 2. The van der Waals surface area contributed by atoms with Crippen LogP contribution in [-0.2, 0) is 4.79 Å². The summed E-state index contributed by atoms with van der Waals surface area (Å²) in [6.07, 6.45) is 0. The maximum Gasteiger partial charge on any atom is 0.226 e. The topological polar surface area (TPSA) is 59.6 Å². The first-order chi connectivity index (χ1) is 9.15. The number of methoxy groups -OCH3 is 2. The van der Waals surface area contributed by atoms with Crippen LogP contribution < -0.4 is 20.1 Å². The van der Waals surface area contributed by atoms with Gasteiger partial charge in [-0.15, -0.1) is 0 Å². The Morgan fingerprint density at radius 2 is 2.11 bits per heavy atom. The van der Waals surface area contributed by atoms with Crippen molar-refractivity contribution in [3.63, 3.8) is 0 Å². The average molecular weight is 264 g/mol. The van der Waals surface area contributed by atoms with Crippen LogP contribution in [0.4, 0.5) is 0 Å². The predicted octanol–water partition coefficient (Wildman–Crippen LogP) is 1.10. The standard InChI is InChI=1S/C14H20N2O3/c1-9(16-14(17)10-7-15-8-10)12-5-4-11(18-2)6-13(12)19-3/h4-6,9-10,15H,7-8H2,1-3H3,(H,16,17). The monoisotopic (exact) mass is 264 g/mol. The van der Waals surface area contributed by atoms with Crippen LogP contribution in [0.25, 0.3) is 0 Å². The molecule has 19 heavy (non-hydrogen) atoms. The van der Waals surface area contributed by atoms with Crippen LogP contribution in [-0.4, -0.2) is 33.2 Å². The summed E-state index contributed by atoms with van der Waals surface area (Å²) in [5.74, 6) is 1.64. The zero-order chi connectivity index (χ0) is 13.8. The molecule has 1 unspecified atom stereocenters. The van der Waals surface area contributed by atoms with E-state index in [0.29, 0.717) is 0 Å². The Morgan fingerprint density at radius 1 is 1.37 bits per heavy atom. The van der Waals surface area contributed by atoms with Crippen molar-refractivity contribution in [2.75, 3.05) is 27.3 Å². The van der Waals surface area contributed by atoms with Crippen LogP contribution in [0.1, 0.15) is 18.5 Å². The van der Waals surface area contributed by atoms with Crippen molar-refractivity contribution in [3.8, 4) is 11.5 Å². The molecule has 0 saturated carbocycles. The summed E-state index contributed by atoms with van der Waals surface area (Å²) in [5, 5.41) is 6.10. The smallest absolute Gasteiger partial charge is 0.226 e. The molecule has 0 aromatic heterocycles. The number of hydrogen-bond acceptors (Lipinski definition) is 4. The Kier molecular flexibility index (Phi) is 4.27. The molecule has 1 saturated heterocycles. The van der Waals surface area contributed by atoms with Gasteiger partial charge in [0.1, 0.15) is 11.5 Å². The van der Waals surface area contributed by atoms with Crippen molar-refractivity contribution in [1.82, 2.24) is 10.6 Å². The normalized spacial score (nSPS) is 16.4. The molecule has 1 aromatic rings. The van der Waals surface area contributed by atoms with E-state index in [-0.39, 0.29) is 17.9 Å². The molecule has 104 valence electrons. The van der Waals surface area contributed by atoms with E-state index in [0.717, 1.165) is 30.2 Å². The Balaban J connectivity index is 2.08. The SMILES string of the molecule is COc1ccc(C(C)NC(=O)C2CNC2)c(OC)c1. The fourth-order valence-electron chi connectivity index (χ4n) is 2.06. The predicted molar refractivity (Wildman–Crippen MR) is 72.5 cm³/mol. The molecule has 5 heteroatoms. The quantitative estimate of drug-likeness (QED) is 0.836. The zero-order valence-corrected chi connectivity index (χ0v) is 11.5. The summed E-state index contributed by atoms with van der Waals surface area (Å²) in [6.45, 7) is 3.48. The molecule has 1 aromatic carbocycles. The molecule has 0 aliphatic carbocycles. The van der Waals surface area contributed by atoms with Crippen LogP contribution in [0.2, 0.25) is 0 Å². The van der Waals surface area contributed by atoms with Crippen molar-refractivity contribution in [2.45, 2.75) is 13.0 Å². The van der Waals surface area contributed by atoms with Gasteiger partial charge in [-0.1, -0.05) is 0 Å². The van der Waals surface area contributed by atoms with Gasteiger partial charge in [0.05, 0.1) is 26.2 Å². The molecular formula is C14H20N2O3. The molecule has 1 aliphatic heterocycles. The van der Waals surface area contributed by atoms with Crippen LogP contribution in [0.15, 0.2) is 18.2 Å². The molecule has 2 rings (SSSR count). The van der Waals surface area contributed by atoms with Gasteiger partial charge in [0.25, 0.3) is 0 Å². The highest BCUT2D eigenvalue weighted by atomic mass is 16.5. The maximum absolute atomic E-state index is 11.9. The highest BCUT2D eigenvalue weighted by Gasteiger charge is 2.26. The lowest BCUT2D eigenvalue weighted by Gasteiger charge is -2.28. The van der Waals surface area contributed by atoms with E-state index >= 15 is 0 Å². The van der Waals surface area contributed by atoms with Crippen molar-refractivity contribution in [1.29, 1.82) is 0 Å². The summed E-state index contributed by atoms with van der Waals surface area (Å²) in [4.78, 5) is 11.9. The van der Waals surface area contributed by atoms with Gasteiger partial charge >= 0.3 is 0 Å².